The normalized spacial score (nSPS) is 21.0. The van der Waals surface area contributed by atoms with Gasteiger partial charge in [0, 0.05) is 17.0 Å². The molecule has 3 nitrogen and oxygen atoms in total. The molecule has 0 saturated carbocycles. The molecule has 1 aliphatic rings. The van der Waals surface area contributed by atoms with E-state index < -0.39 is 23.8 Å². The monoisotopic (exact) mass is 337 g/mol. The molecule has 1 aromatic heterocycles. The van der Waals surface area contributed by atoms with Crippen molar-refractivity contribution in [2.24, 2.45) is 0 Å². The lowest BCUT2D eigenvalue weighted by Gasteiger charge is -2.24. The number of nitrogens with zero attached hydrogens (tertiary/aromatic N) is 1. The first-order valence-corrected chi connectivity index (χ1v) is 8.19. The molecule has 2 atom stereocenters. The number of β-amino-alcohol motifs (C(OH)–C–C–N with tert-alkyl or cyclic N) is 1. The standard InChI is InChI=1S/C17H17F2NO2S/c1-9-5-16(23-10(9)2)17(22)20-8-12(21)7-15(20)13-6-11(18)3-4-14(13)19/h3-6,12,15,21H,7-8H2,1-2H3. The van der Waals surface area contributed by atoms with E-state index in [4.69, 9.17) is 0 Å². The zero-order valence-electron chi connectivity index (χ0n) is 12.8. The Morgan fingerprint density at radius 3 is 2.70 bits per heavy atom. The van der Waals surface area contributed by atoms with Gasteiger partial charge >= 0.3 is 0 Å². The molecular weight excluding hydrogens is 320 g/mol. The molecule has 6 heteroatoms. The van der Waals surface area contributed by atoms with Gasteiger partial charge in [-0.3, -0.25) is 4.79 Å². The Kier molecular flexibility index (Phi) is 4.21. The van der Waals surface area contributed by atoms with Crippen molar-refractivity contribution in [2.75, 3.05) is 6.54 Å². The van der Waals surface area contributed by atoms with Crippen molar-refractivity contribution in [2.45, 2.75) is 32.4 Å². The molecule has 23 heavy (non-hydrogen) atoms. The minimum atomic E-state index is -0.742. The van der Waals surface area contributed by atoms with Crippen molar-refractivity contribution in [3.8, 4) is 0 Å². The summed E-state index contributed by atoms with van der Waals surface area (Å²) in [6, 6.07) is 4.34. The van der Waals surface area contributed by atoms with E-state index in [1.165, 1.54) is 16.2 Å². The van der Waals surface area contributed by atoms with E-state index in [0.29, 0.717) is 4.88 Å². The average Bonchev–Trinajstić information content (AvgIpc) is 3.04. The number of thiophene rings is 1. The van der Waals surface area contributed by atoms with Crippen LogP contribution in [0, 0.1) is 25.5 Å². The number of benzene rings is 1. The smallest absolute Gasteiger partial charge is 0.264 e. The summed E-state index contributed by atoms with van der Waals surface area (Å²) < 4.78 is 27.5. The van der Waals surface area contributed by atoms with Gasteiger partial charge in [0.25, 0.3) is 5.91 Å². The largest absolute Gasteiger partial charge is 0.391 e. The number of carbonyl (C=O) groups is 1. The molecule has 0 aliphatic carbocycles. The predicted octanol–water partition coefficient (Wildman–Crippen LogP) is 3.59. The van der Waals surface area contributed by atoms with Crippen LogP contribution in [0.2, 0.25) is 0 Å². The van der Waals surface area contributed by atoms with E-state index in [9.17, 15) is 18.7 Å². The van der Waals surface area contributed by atoms with E-state index >= 15 is 0 Å². The Hall–Kier alpha value is -1.79. The van der Waals surface area contributed by atoms with Gasteiger partial charge in [-0.05, 0) is 50.1 Å². The highest BCUT2D eigenvalue weighted by atomic mass is 32.1. The quantitative estimate of drug-likeness (QED) is 0.910. The fraction of sp³-hybridized carbons (Fsp3) is 0.353. The van der Waals surface area contributed by atoms with E-state index in [-0.39, 0.29) is 24.4 Å². The van der Waals surface area contributed by atoms with Crippen molar-refractivity contribution in [1.29, 1.82) is 0 Å². The first-order valence-electron chi connectivity index (χ1n) is 7.38. The minimum Gasteiger partial charge on any atom is -0.391 e. The van der Waals surface area contributed by atoms with Crippen molar-refractivity contribution in [3.63, 3.8) is 0 Å². The fourth-order valence-corrected chi connectivity index (χ4v) is 3.91. The lowest BCUT2D eigenvalue weighted by Crippen LogP contribution is -2.31. The Balaban J connectivity index is 1.96. The van der Waals surface area contributed by atoms with Gasteiger partial charge in [-0.1, -0.05) is 0 Å². The Morgan fingerprint density at radius 2 is 2.04 bits per heavy atom. The maximum Gasteiger partial charge on any atom is 0.264 e. The Morgan fingerprint density at radius 1 is 1.30 bits per heavy atom. The van der Waals surface area contributed by atoms with Crippen LogP contribution in [0.4, 0.5) is 8.78 Å². The van der Waals surface area contributed by atoms with E-state index in [2.05, 4.69) is 0 Å². The number of hydrogen-bond donors (Lipinski definition) is 1. The van der Waals surface area contributed by atoms with Crippen molar-refractivity contribution in [1.82, 2.24) is 4.90 Å². The molecule has 122 valence electrons. The van der Waals surface area contributed by atoms with E-state index in [1.54, 1.807) is 6.07 Å². The average molecular weight is 337 g/mol. The molecule has 2 unspecified atom stereocenters. The second-order valence-electron chi connectivity index (χ2n) is 5.88. The van der Waals surface area contributed by atoms with E-state index in [1.807, 2.05) is 13.8 Å². The molecule has 1 aliphatic heterocycles. The minimum absolute atomic E-state index is 0.111. The molecule has 2 aromatic rings. The second kappa shape index (κ2) is 6.02. The maximum absolute atomic E-state index is 14.1. The molecular formula is C17H17F2NO2S. The number of aliphatic hydroxyl groups is 1. The first kappa shape index (κ1) is 16.1. The van der Waals surface area contributed by atoms with Gasteiger partial charge in [0.1, 0.15) is 11.6 Å². The SMILES string of the molecule is Cc1cc(C(=O)N2CC(O)CC2c2cc(F)ccc2F)sc1C. The van der Waals surface area contributed by atoms with Crippen LogP contribution in [0.25, 0.3) is 0 Å². The summed E-state index contributed by atoms with van der Waals surface area (Å²) in [5, 5.41) is 9.94. The van der Waals surface area contributed by atoms with Gasteiger partial charge in [-0.25, -0.2) is 8.78 Å². The van der Waals surface area contributed by atoms with Gasteiger partial charge in [0.05, 0.1) is 17.0 Å². The molecule has 3 rings (SSSR count). The highest BCUT2D eigenvalue weighted by Crippen LogP contribution is 2.36. The fourth-order valence-electron chi connectivity index (χ4n) is 2.92. The predicted molar refractivity (Wildman–Crippen MR) is 84.6 cm³/mol. The highest BCUT2D eigenvalue weighted by Gasteiger charge is 2.37. The first-order chi connectivity index (χ1) is 10.9. The number of likely N-dealkylation sites (tertiary alicyclic amines) is 1. The third-order valence-corrected chi connectivity index (χ3v) is 5.37. The number of carbonyl (C=O) groups excluding carboxylic acids is 1. The second-order valence-corrected chi connectivity index (χ2v) is 7.13. The van der Waals surface area contributed by atoms with E-state index in [0.717, 1.165) is 28.6 Å². The Bertz CT molecular complexity index is 740. The summed E-state index contributed by atoms with van der Waals surface area (Å²) in [6.45, 7) is 3.97. The molecule has 0 radical (unpaired) electrons. The molecule has 0 spiro atoms. The lowest BCUT2D eigenvalue weighted by atomic mass is 10.0. The van der Waals surface area contributed by atoms with Crippen LogP contribution in [0.5, 0.6) is 0 Å². The summed E-state index contributed by atoms with van der Waals surface area (Å²) >= 11 is 1.37. The summed E-state index contributed by atoms with van der Waals surface area (Å²) in [6.07, 6.45) is -0.538. The maximum atomic E-state index is 14.1. The van der Waals surface area contributed by atoms with Crippen LogP contribution in [-0.2, 0) is 0 Å². The zero-order valence-corrected chi connectivity index (χ0v) is 13.7. The van der Waals surface area contributed by atoms with Crippen LogP contribution >= 0.6 is 11.3 Å². The van der Waals surface area contributed by atoms with Crippen LogP contribution in [-0.4, -0.2) is 28.6 Å². The third kappa shape index (κ3) is 3.01. The molecule has 2 heterocycles. The van der Waals surface area contributed by atoms with Crippen molar-refractivity contribution >= 4 is 17.2 Å². The summed E-state index contributed by atoms with van der Waals surface area (Å²) in [7, 11) is 0. The van der Waals surface area contributed by atoms with Gasteiger partial charge in [-0.15, -0.1) is 11.3 Å². The number of aliphatic hydroxyl groups excluding tert-OH is 1. The Labute approximate surface area is 137 Å². The van der Waals surface area contributed by atoms with Gasteiger partial charge in [0.15, 0.2) is 0 Å². The molecule has 0 bridgehead atoms. The topological polar surface area (TPSA) is 40.5 Å². The van der Waals surface area contributed by atoms with Crippen LogP contribution in [0.3, 0.4) is 0 Å². The van der Waals surface area contributed by atoms with Crippen molar-refractivity contribution < 1.29 is 18.7 Å². The molecule has 1 fully saturated rings. The van der Waals surface area contributed by atoms with Crippen LogP contribution in [0.1, 0.15) is 38.1 Å². The number of rotatable bonds is 2. The van der Waals surface area contributed by atoms with Gasteiger partial charge in [0.2, 0.25) is 0 Å². The zero-order chi connectivity index (χ0) is 16.7. The van der Waals surface area contributed by atoms with Gasteiger partial charge in [-0.2, -0.15) is 0 Å². The van der Waals surface area contributed by atoms with Crippen LogP contribution < -0.4 is 0 Å². The summed E-state index contributed by atoms with van der Waals surface area (Å²) in [4.78, 5) is 15.8. The lowest BCUT2D eigenvalue weighted by molar-refractivity contribution is 0.0718. The van der Waals surface area contributed by atoms with Crippen LogP contribution in [0.15, 0.2) is 24.3 Å². The summed E-state index contributed by atoms with van der Waals surface area (Å²) in [5.74, 6) is -1.38. The summed E-state index contributed by atoms with van der Waals surface area (Å²) in [5.41, 5.74) is 1.13. The van der Waals surface area contributed by atoms with Gasteiger partial charge < -0.3 is 10.0 Å². The molecule has 1 aromatic carbocycles. The number of halogens is 2. The van der Waals surface area contributed by atoms with Crippen molar-refractivity contribution in [3.05, 3.63) is 56.8 Å². The molecule has 1 N–H and O–H groups in total. The highest BCUT2D eigenvalue weighted by molar-refractivity contribution is 7.14. The number of aryl methyl sites for hydroxylation is 2. The third-order valence-electron chi connectivity index (χ3n) is 4.23. The molecule has 1 amide bonds. The number of amides is 1. The number of hydrogen-bond acceptors (Lipinski definition) is 3. The molecule has 1 saturated heterocycles.